The Morgan fingerprint density at radius 2 is 2.06 bits per heavy atom. The number of nitrogens with two attached hydrogens (primary N) is 1. The molecule has 0 aliphatic carbocycles. The molecule has 1 fully saturated rings. The quantitative estimate of drug-likeness (QED) is 0.762. The highest BCUT2D eigenvalue weighted by molar-refractivity contribution is 7.89. The molecule has 1 atom stereocenters. The lowest BCUT2D eigenvalue weighted by Gasteiger charge is -2.16. The van der Waals surface area contributed by atoms with Crippen LogP contribution in [0.3, 0.4) is 0 Å². The molecule has 0 radical (unpaired) electrons. The lowest BCUT2D eigenvalue weighted by molar-refractivity contribution is 0.189. The van der Waals surface area contributed by atoms with E-state index in [-0.39, 0.29) is 19.5 Å². The number of hydrogen-bond acceptors (Lipinski definition) is 4. The minimum atomic E-state index is -4.09. The third-order valence-electron chi connectivity index (χ3n) is 2.84. The Balaban J connectivity index is 2.45. The van der Waals surface area contributed by atoms with E-state index in [1.165, 1.54) is 0 Å². The number of hydrogen-bond donors (Lipinski definition) is 2. The molecule has 0 saturated carbocycles. The summed E-state index contributed by atoms with van der Waals surface area (Å²) in [5, 5.41) is 9.29. The lowest BCUT2D eigenvalue weighted by Crippen LogP contribution is -2.30. The Labute approximate surface area is 103 Å². The third kappa shape index (κ3) is 2.06. The summed E-state index contributed by atoms with van der Waals surface area (Å²) in [5.74, 6) is -2.30. The van der Waals surface area contributed by atoms with E-state index in [4.69, 9.17) is 5.73 Å². The fourth-order valence-corrected chi connectivity index (χ4v) is 3.39. The first-order chi connectivity index (χ1) is 8.34. The maximum atomic E-state index is 13.7. The highest BCUT2D eigenvalue weighted by Crippen LogP contribution is 2.27. The van der Waals surface area contributed by atoms with E-state index >= 15 is 0 Å². The number of anilines is 1. The van der Waals surface area contributed by atoms with Gasteiger partial charge in [0.15, 0.2) is 5.82 Å². The SMILES string of the molecule is Nc1c(F)ccc(S(=O)(=O)N2CC[C@@H](O)C2)c1F. The number of benzene rings is 1. The zero-order valence-electron chi connectivity index (χ0n) is 9.31. The number of nitrogen functional groups attached to an aromatic ring is 1. The van der Waals surface area contributed by atoms with Crippen molar-refractivity contribution in [1.82, 2.24) is 4.31 Å². The molecule has 2 rings (SSSR count). The van der Waals surface area contributed by atoms with Crippen molar-refractivity contribution in [3.63, 3.8) is 0 Å². The Hall–Kier alpha value is -1.25. The molecule has 1 aliphatic rings. The highest BCUT2D eigenvalue weighted by atomic mass is 32.2. The van der Waals surface area contributed by atoms with Gasteiger partial charge in [0, 0.05) is 13.1 Å². The third-order valence-corrected chi connectivity index (χ3v) is 4.72. The summed E-state index contributed by atoms with van der Waals surface area (Å²) in [4.78, 5) is -0.671. The Bertz CT molecular complexity index is 577. The van der Waals surface area contributed by atoms with Gasteiger partial charge in [-0.15, -0.1) is 0 Å². The molecule has 1 saturated heterocycles. The Kier molecular flexibility index (Phi) is 3.26. The van der Waals surface area contributed by atoms with E-state index in [9.17, 15) is 22.3 Å². The second kappa shape index (κ2) is 4.45. The predicted molar refractivity (Wildman–Crippen MR) is 60.2 cm³/mol. The van der Waals surface area contributed by atoms with E-state index in [1.54, 1.807) is 0 Å². The largest absolute Gasteiger partial charge is 0.394 e. The summed E-state index contributed by atoms with van der Waals surface area (Å²) < 4.78 is 51.7. The maximum absolute atomic E-state index is 13.7. The summed E-state index contributed by atoms with van der Waals surface area (Å²) in [6, 6.07) is 1.64. The zero-order chi connectivity index (χ0) is 13.5. The smallest absolute Gasteiger partial charge is 0.246 e. The molecule has 8 heteroatoms. The lowest BCUT2D eigenvalue weighted by atomic mass is 10.3. The fraction of sp³-hybridized carbons (Fsp3) is 0.400. The van der Waals surface area contributed by atoms with Gasteiger partial charge in [0.1, 0.15) is 16.4 Å². The molecule has 18 heavy (non-hydrogen) atoms. The highest BCUT2D eigenvalue weighted by Gasteiger charge is 2.34. The zero-order valence-corrected chi connectivity index (χ0v) is 10.1. The second-order valence-corrected chi connectivity index (χ2v) is 5.99. The van der Waals surface area contributed by atoms with Gasteiger partial charge in [-0.05, 0) is 18.6 Å². The Morgan fingerprint density at radius 3 is 2.61 bits per heavy atom. The number of aliphatic hydroxyl groups excluding tert-OH is 1. The van der Waals surface area contributed by atoms with Crippen LogP contribution in [0.15, 0.2) is 17.0 Å². The van der Waals surface area contributed by atoms with E-state index in [0.717, 1.165) is 16.4 Å². The van der Waals surface area contributed by atoms with Gasteiger partial charge in [-0.25, -0.2) is 17.2 Å². The van der Waals surface area contributed by atoms with Crippen LogP contribution in [0.1, 0.15) is 6.42 Å². The van der Waals surface area contributed by atoms with Crippen molar-refractivity contribution < 1.29 is 22.3 Å². The van der Waals surface area contributed by atoms with Gasteiger partial charge in [0.2, 0.25) is 10.0 Å². The van der Waals surface area contributed by atoms with Crippen LogP contribution < -0.4 is 5.73 Å². The van der Waals surface area contributed by atoms with Crippen LogP contribution in [-0.4, -0.2) is 37.0 Å². The van der Waals surface area contributed by atoms with Gasteiger partial charge in [0.05, 0.1) is 6.10 Å². The van der Waals surface area contributed by atoms with Crippen molar-refractivity contribution in [2.24, 2.45) is 0 Å². The number of β-amino-alcohol motifs (C(OH)–C–C–N with tert-alkyl or cyclic N) is 1. The fourth-order valence-electron chi connectivity index (χ4n) is 1.82. The topological polar surface area (TPSA) is 83.6 Å². The number of halogens is 2. The molecule has 1 aromatic carbocycles. The molecule has 1 aliphatic heterocycles. The van der Waals surface area contributed by atoms with Gasteiger partial charge in [-0.3, -0.25) is 0 Å². The van der Waals surface area contributed by atoms with Crippen LogP contribution in [0.5, 0.6) is 0 Å². The van der Waals surface area contributed by atoms with E-state index in [1.807, 2.05) is 0 Å². The molecular weight excluding hydrogens is 266 g/mol. The van der Waals surface area contributed by atoms with E-state index in [2.05, 4.69) is 0 Å². The number of nitrogens with zero attached hydrogens (tertiary/aromatic N) is 1. The van der Waals surface area contributed by atoms with Gasteiger partial charge in [0.25, 0.3) is 0 Å². The monoisotopic (exact) mass is 278 g/mol. The van der Waals surface area contributed by atoms with Crippen molar-refractivity contribution in [2.75, 3.05) is 18.8 Å². The summed E-state index contributed by atoms with van der Waals surface area (Å²) in [7, 11) is -4.09. The van der Waals surface area contributed by atoms with E-state index in [0.29, 0.717) is 0 Å². The summed E-state index contributed by atoms with van der Waals surface area (Å²) in [6.45, 7) is -0.000719. The average molecular weight is 278 g/mol. The molecule has 3 N–H and O–H groups in total. The summed E-state index contributed by atoms with van der Waals surface area (Å²) in [6.07, 6.45) is -0.474. The van der Waals surface area contributed by atoms with E-state index < -0.39 is 38.3 Å². The first kappa shape index (κ1) is 13.2. The van der Waals surface area contributed by atoms with Crippen molar-refractivity contribution in [1.29, 1.82) is 0 Å². The summed E-state index contributed by atoms with van der Waals surface area (Å²) in [5.41, 5.74) is 4.30. The molecule has 100 valence electrons. The number of sulfonamides is 1. The molecule has 5 nitrogen and oxygen atoms in total. The minimum Gasteiger partial charge on any atom is -0.394 e. The molecule has 0 unspecified atom stereocenters. The van der Waals surface area contributed by atoms with Crippen LogP contribution in [0.4, 0.5) is 14.5 Å². The van der Waals surface area contributed by atoms with Crippen molar-refractivity contribution in [3.05, 3.63) is 23.8 Å². The van der Waals surface area contributed by atoms with Crippen LogP contribution >= 0.6 is 0 Å². The Morgan fingerprint density at radius 1 is 1.39 bits per heavy atom. The van der Waals surface area contributed by atoms with Crippen molar-refractivity contribution >= 4 is 15.7 Å². The summed E-state index contributed by atoms with van der Waals surface area (Å²) >= 11 is 0. The average Bonchev–Trinajstić information content (AvgIpc) is 2.73. The molecule has 0 bridgehead atoms. The molecule has 0 aromatic heterocycles. The standard InChI is InChI=1S/C10H12F2N2O3S/c11-7-1-2-8(9(12)10(7)13)18(16,17)14-4-3-6(15)5-14/h1-2,6,15H,3-5,13H2/t6-/m1/s1. The molecule has 0 amide bonds. The minimum absolute atomic E-state index is 0.0974. The van der Waals surface area contributed by atoms with Gasteiger partial charge in [-0.1, -0.05) is 0 Å². The molecular formula is C10H12F2N2O3S. The van der Waals surface area contributed by atoms with Gasteiger partial charge < -0.3 is 10.8 Å². The maximum Gasteiger partial charge on any atom is 0.246 e. The normalized spacial score (nSPS) is 21.4. The van der Waals surface area contributed by atoms with Crippen LogP contribution in [-0.2, 0) is 10.0 Å². The van der Waals surface area contributed by atoms with Crippen LogP contribution in [0.2, 0.25) is 0 Å². The molecule has 1 heterocycles. The number of rotatable bonds is 2. The first-order valence-electron chi connectivity index (χ1n) is 5.25. The van der Waals surface area contributed by atoms with Crippen LogP contribution in [0, 0.1) is 11.6 Å². The first-order valence-corrected chi connectivity index (χ1v) is 6.69. The van der Waals surface area contributed by atoms with Crippen molar-refractivity contribution in [2.45, 2.75) is 17.4 Å². The van der Waals surface area contributed by atoms with Crippen molar-refractivity contribution in [3.8, 4) is 0 Å². The number of aliphatic hydroxyl groups is 1. The molecule has 0 spiro atoms. The van der Waals surface area contributed by atoms with Gasteiger partial charge in [-0.2, -0.15) is 4.31 Å². The second-order valence-electron chi connectivity index (χ2n) is 4.08. The van der Waals surface area contributed by atoms with Gasteiger partial charge >= 0.3 is 0 Å². The molecule has 1 aromatic rings. The van der Waals surface area contributed by atoms with Crippen LogP contribution in [0.25, 0.3) is 0 Å². The predicted octanol–water partition coefficient (Wildman–Crippen LogP) is 0.302.